The summed E-state index contributed by atoms with van der Waals surface area (Å²) in [6.07, 6.45) is 1.87. The van der Waals surface area contributed by atoms with Gasteiger partial charge in [-0.15, -0.1) is 6.58 Å². The molecule has 2 heterocycles. The summed E-state index contributed by atoms with van der Waals surface area (Å²) in [5, 5.41) is 13.6. The number of fused-ring (bicyclic) bond motifs is 1. The van der Waals surface area contributed by atoms with Crippen molar-refractivity contribution < 1.29 is 23.4 Å². The molecule has 8 heteroatoms. The number of hydrogen-bond acceptors (Lipinski definition) is 5. The Balaban J connectivity index is 1.93. The average molecular weight is 463 g/mol. The van der Waals surface area contributed by atoms with Crippen LogP contribution in [0.1, 0.15) is 31.7 Å². The van der Waals surface area contributed by atoms with Crippen molar-refractivity contribution >= 4 is 22.8 Å². The molecular formula is C24H28F2N2O3S. The maximum atomic E-state index is 14.9. The number of aliphatic hydroxyl groups is 1. The van der Waals surface area contributed by atoms with E-state index in [1.165, 1.54) is 30.0 Å². The van der Waals surface area contributed by atoms with E-state index in [4.69, 9.17) is 9.73 Å². The zero-order valence-electron chi connectivity index (χ0n) is 18.1. The van der Waals surface area contributed by atoms with Gasteiger partial charge in [-0.1, -0.05) is 42.6 Å². The zero-order valence-corrected chi connectivity index (χ0v) is 18.9. The van der Waals surface area contributed by atoms with Crippen LogP contribution in [0.4, 0.5) is 8.78 Å². The highest BCUT2D eigenvalue weighted by atomic mass is 32.2. The van der Waals surface area contributed by atoms with Crippen molar-refractivity contribution in [3.63, 3.8) is 0 Å². The summed E-state index contributed by atoms with van der Waals surface area (Å²) in [4.78, 5) is 17.0. The lowest BCUT2D eigenvalue weighted by Gasteiger charge is -2.47. The van der Waals surface area contributed by atoms with Gasteiger partial charge in [0, 0.05) is 28.9 Å². The Bertz CT molecular complexity index is 965. The lowest BCUT2D eigenvalue weighted by atomic mass is 9.74. The minimum atomic E-state index is -1.15. The first-order chi connectivity index (χ1) is 15.2. The Morgan fingerprint density at radius 3 is 2.88 bits per heavy atom. The molecule has 1 saturated heterocycles. The number of halogens is 2. The van der Waals surface area contributed by atoms with Crippen LogP contribution in [0.25, 0.3) is 0 Å². The molecule has 1 amide bonds. The Hall–Kier alpha value is -2.29. The van der Waals surface area contributed by atoms with E-state index in [-0.39, 0.29) is 23.7 Å². The number of rotatable bonds is 7. The molecule has 4 atom stereocenters. The van der Waals surface area contributed by atoms with E-state index in [1.807, 2.05) is 6.92 Å². The van der Waals surface area contributed by atoms with Crippen molar-refractivity contribution in [2.75, 3.05) is 12.4 Å². The molecule has 3 rings (SSSR count). The Kier molecular flexibility index (Phi) is 7.69. The van der Waals surface area contributed by atoms with Gasteiger partial charge in [-0.3, -0.25) is 4.79 Å². The predicted molar refractivity (Wildman–Crippen MR) is 123 cm³/mol. The number of hydrogen-bond donors (Lipinski definition) is 2. The molecule has 0 saturated carbocycles. The molecule has 1 aromatic rings. The summed E-state index contributed by atoms with van der Waals surface area (Å²) in [7, 11) is 0. The maximum absolute atomic E-state index is 14.9. The van der Waals surface area contributed by atoms with Crippen LogP contribution >= 0.6 is 11.8 Å². The first-order valence-corrected chi connectivity index (χ1v) is 11.4. The molecule has 32 heavy (non-hydrogen) atoms. The molecule has 4 unspecified atom stereocenters. The number of nitrogens with one attached hydrogen (secondary N) is 1. The van der Waals surface area contributed by atoms with E-state index >= 15 is 0 Å². The minimum absolute atomic E-state index is 0.00263. The van der Waals surface area contributed by atoms with Gasteiger partial charge < -0.3 is 15.2 Å². The summed E-state index contributed by atoms with van der Waals surface area (Å²) >= 11 is 1.33. The Labute approximate surface area is 191 Å². The highest BCUT2D eigenvalue weighted by Gasteiger charge is 2.50. The molecule has 0 aliphatic carbocycles. The summed E-state index contributed by atoms with van der Waals surface area (Å²) in [6.45, 7) is 12.9. The van der Waals surface area contributed by atoms with Gasteiger partial charge in [0.1, 0.15) is 17.2 Å². The van der Waals surface area contributed by atoms with Crippen LogP contribution in [-0.4, -0.2) is 40.7 Å². The molecule has 2 aliphatic rings. The van der Waals surface area contributed by atoms with Crippen molar-refractivity contribution in [1.82, 2.24) is 5.32 Å². The van der Waals surface area contributed by atoms with E-state index < -0.39 is 35.3 Å². The number of carbonyl (C=O) groups is 1. The van der Waals surface area contributed by atoms with Gasteiger partial charge in [-0.25, -0.2) is 13.8 Å². The van der Waals surface area contributed by atoms with E-state index in [0.29, 0.717) is 30.2 Å². The molecule has 0 aromatic heterocycles. The SMILES string of the molecule is C=CC(=C)C(=O)NC1=NC2(c3ccc(F)cc3F)COC(C(O)CCC(=C)C)CC2CS1. The molecule has 1 aromatic carbocycles. The number of benzene rings is 1. The quantitative estimate of drug-likeness (QED) is 0.361. The van der Waals surface area contributed by atoms with Crippen molar-refractivity contribution in [2.24, 2.45) is 10.9 Å². The number of aliphatic hydroxyl groups excluding tert-OH is 1. The molecule has 0 bridgehead atoms. The first kappa shape index (κ1) is 24.4. The number of amides is 1. The van der Waals surface area contributed by atoms with E-state index in [2.05, 4.69) is 25.1 Å². The second-order valence-electron chi connectivity index (χ2n) is 8.31. The standard InChI is InChI=1S/C24H28F2N2O3S/c1-5-15(4)22(30)27-23-28-24(18-8-7-17(25)11-19(18)26)13-31-21(10-16(24)12-32-23)20(29)9-6-14(2)3/h5,7-8,11,16,20-21,29H,1-2,4,6,9-10,12-13H2,3H3,(H,27,28,30). The number of amidine groups is 1. The van der Waals surface area contributed by atoms with Crippen LogP contribution in [0.3, 0.4) is 0 Å². The molecule has 0 spiro atoms. The molecule has 2 N–H and O–H groups in total. The Morgan fingerprint density at radius 2 is 2.22 bits per heavy atom. The highest BCUT2D eigenvalue weighted by molar-refractivity contribution is 8.13. The molecule has 1 fully saturated rings. The summed E-state index contributed by atoms with van der Waals surface area (Å²) < 4.78 is 34.5. The molecule has 2 aliphatic heterocycles. The van der Waals surface area contributed by atoms with Crippen molar-refractivity contribution in [3.05, 3.63) is 72.4 Å². The van der Waals surface area contributed by atoms with Crippen molar-refractivity contribution in [2.45, 2.75) is 43.9 Å². The topological polar surface area (TPSA) is 70.9 Å². The van der Waals surface area contributed by atoms with E-state index in [9.17, 15) is 18.7 Å². The monoisotopic (exact) mass is 462 g/mol. The predicted octanol–water partition coefficient (Wildman–Crippen LogP) is 4.24. The number of carbonyl (C=O) groups excluding carboxylic acids is 1. The van der Waals surface area contributed by atoms with E-state index in [1.54, 1.807) is 0 Å². The van der Waals surface area contributed by atoms with Crippen LogP contribution in [0.5, 0.6) is 0 Å². The van der Waals surface area contributed by atoms with Crippen LogP contribution < -0.4 is 5.32 Å². The molecular weight excluding hydrogens is 434 g/mol. The van der Waals surface area contributed by atoms with Gasteiger partial charge in [0.25, 0.3) is 5.91 Å². The van der Waals surface area contributed by atoms with Gasteiger partial charge in [0.05, 0.1) is 18.8 Å². The van der Waals surface area contributed by atoms with E-state index in [0.717, 1.165) is 11.6 Å². The van der Waals surface area contributed by atoms with Crippen LogP contribution in [0.15, 0.2) is 60.2 Å². The van der Waals surface area contributed by atoms with Crippen molar-refractivity contribution in [3.8, 4) is 0 Å². The largest absolute Gasteiger partial charge is 0.390 e. The second-order valence-corrected chi connectivity index (χ2v) is 9.31. The average Bonchev–Trinajstić information content (AvgIpc) is 2.76. The highest BCUT2D eigenvalue weighted by Crippen LogP contribution is 2.47. The first-order valence-electron chi connectivity index (χ1n) is 10.4. The third-order valence-electron chi connectivity index (χ3n) is 5.88. The fourth-order valence-corrected chi connectivity index (χ4v) is 5.16. The second kappa shape index (κ2) is 10.1. The minimum Gasteiger partial charge on any atom is -0.390 e. The number of thioether (sulfide) groups is 1. The van der Waals surface area contributed by atoms with Crippen LogP contribution in [0.2, 0.25) is 0 Å². The smallest absolute Gasteiger partial charge is 0.256 e. The summed E-state index contributed by atoms with van der Waals surface area (Å²) in [5.41, 5.74) is 0.208. The fourth-order valence-electron chi connectivity index (χ4n) is 4.00. The fraction of sp³-hybridized carbons (Fsp3) is 0.417. The van der Waals surface area contributed by atoms with Crippen LogP contribution in [-0.2, 0) is 15.1 Å². The Morgan fingerprint density at radius 1 is 1.47 bits per heavy atom. The summed E-state index contributed by atoms with van der Waals surface area (Å²) in [6, 6.07) is 3.39. The number of ether oxygens (including phenoxy) is 1. The van der Waals surface area contributed by atoms with Crippen molar-refractivity contribution in [1.29, 1.82) is 0 Å². The van der Waals surface area contributed by atoms with Gasteiger partial charge >= 0.3 is 0 Å². The number of allylic oxidation sites excluding steroid dienone is 1. The van der Waals surface area contributed by atoms with Crippen LogP contribution in [0, 0.1) is 17.6 Å². The lowest BCUT2D eigenvalue weighted by molar-refractivity contribution is -0.116. The normalized spacial score (nSPS) is 25.8. The van der Waals surface area contributed by atoms with Gasteiger partial charge in [0.15, 0.2) is 5.17 Å². The summed E-state index contributed by atoms with van der Waals surface area (Å²) in [5.74, 6) is -1.53. The zero-order chi connectivity index (χ0) is 23.5. The molecule has 0 radical (unpaired) electrons. The molecule has 172 valence electrons. The third kappa shape index (κ3) is 5.19. The number of aliphatic imine (C=N–C) groups is 1. The molecule has 5 nitrogen and oxygen atoms in total. The van der Waals surface area contributed by atoms with Gasteiger partial charge in [-0.2, -0.15) is 0 Å². The third-order valence-corrected chi connectivity index (χ3v) is 6.92. The maximum Gasteiger partial charge on any atom is 0.256 e. The van der Waals surface area contributed by atoms with Gasteiger partial charge in [0.2, 0.25) is 0 Å². The van der Waals surface area contributed by atoms with Gasteiger partial charge in [-0.05, 0) is 32.3 Å². The lowest BCUT2D eigenvalue weighted by Crippen LogP contribution is -2.53. The number of nitrogens with zero attached hydrogens (tertiary/aromatic N) is 1.